The van der Waals surface area contributed by atoms with Gasteiger partial charge in [0.05, 0.1) is 0 Å². The fourth-order valence-electron chi connectivity index (χ4n) is 2.07. The quantitative estimate of drug-likeness (QED) is 0.588. The van der Waals surface area contributed by atoms with Crippen LogP contribution >= 0.6 is 0 Å². The minimum Gasteiger partial charge on any atom is -0.339 e. The zero-order chi connectivity index (χ0) is 12.1. The van der Waals surface area contributed by atoms with E-state index < -0.39 is 0 Å². The van der Waals surface area contributed by atoms with Gasteiger partial charge in [-0.15, -0.1) is 0 Å². The largest absolute Gasteiger partial charge is 0.339 e. The average Bonchev–Trinajstić information content (AvgIpc) is 2.89. The third-order valence-corrected chi connectivity index (χ3v) is 2.94. The predicted octanol–water partition coefficient (Wildman–Crippen LogP) is 2.13. The van der Waals surface area contributed by atoms with Crippen LogP contribution in [0.15, 0.2) is 30.3 Å². The molecular formula is C14H15NO2. The predicted molar refractivity (Wildman–Crippen MR) is 66.7 cm³/mol. The molecule has 0 aliphatic carbocycles. The molecule has 17 heavy (non-hydrogen) atoms. The smallest absolute Gasteiger partial charge is 0.254 e. The summed E-state index contributed by atoms with van der Waals surface area (Å²) in [6, 6.07) is 7.38. The highest BCUT2D eigenvalue weighted by atomic mass is 16.2. The zero-order valence-corrected chi connectivity index (χ0v) is 9.63. The maximum Gasteiger partial charge on any atom is 0.254 e. The molecule has 0 saturated carbocycles. The maximum atomic E-state index is 12.2. The first-order chi connectivity index (χ1) is 8.33. The lowest BCUT2D eigenvalue weighted by atomic mass is 10.1. The van der Waals surface area contributed by atoms with E-state index in [0.29, 0.717) is 5.56 Å². The van der Waals surface area contributed by atoms with Crippen molar-refractivity contribution >= 4 is 18.3 Å². The van der Waals surface area contributed by atoms with Crippen molar-refractivity contribution in [2.45, 2.75) is 12.8 Å². The normalized spacial score (nSPS) is 15.4. The van der Waals surface area contributed by atoms with Crippen LogP contribution in [0.1, 0.15) is 28.8 Å². The molecule has 0 unspecified atom stereocenters. The average molecular weight is 229 g/mol. The maximum absolute atomic E-state index is 12.2. The molecule has 0 N–H and O–H groups in total. The van der Waals surface area contributed by atoms with E-state index in [4.69, 9.17) is 0 Å². The van der Waals surface area contributed by atoms with E-state index in [2.05, 4.69) is 0 Å². The van der Waals surface area contributed by atoms with Gasteiger partial charge in [-0.3, -0.25) is 9.59 Å². The minimum absolute atomic E-state index is 0.0636. The first kappa shape index (κ1) is 11.6. The number of aldehydes is 1. The molecule has 0 radical (unpaired) electrons. The Hall–Kier alpha value is -1.90. The fourth-order valence-corrected chi connectivity index (χ4v) is 2.07. The van der Waals surface area contributed by atoms with Gasteiger partial charge in [0, 0.05) is 18.7 Å². The minimum atomic E-state index is 0.0636. The molecule has 88 valence electrons. The Labute approximate surface area is 101 Å². The second-order valence-electron chi connectivity index (χ2n) is 4.08. The summed E-state index contributed by atoms with van der Waals surface area (Å²) in [7, 11) is 0. The van der Waals surface area contributed by atoms with E-state index >= 15 is 0 Å². The van der Waals surface area contributed by atoms with E-state index in [9.17, 15) is 9.59 Å². The third kappa shape index (κ3) is 2.61. The summed E-state index contributed by atoms with van der Waals surface area (Å²) in [5.74, 6) is 0.0636. The van der Waals surface area contributed by atoms with Gasteiger partial charge in [-0.25, -0.2) is 0 Å². The monoisotopic (exact) mass is 229 g/mol. The van der Waals surface area contributed by atoms with Crippen LogP contribution in [-0.4, -0.2) is 30.2 Å². The van der Waals surface area contributed by atoms with Gasteiger partial charge in [0.15, 0.2) is 0 Å². The van der Waals surface area contributed by atoms with E-state index in [1.165, 1.54) is 6.08 Å². The van der Waals surface area contributed by atoms with Crippen molar-refractivity contribution in [1.82, 2.24) is 4.90 Å². The molecule has 1 aliphatic rings. The molecule has 3 heteroatoms. The fraction of sp³-hybridized carbons (Fsp3) is 0.286. The molecule has 0 atom stereocenters. The number of benzene rings is 1. The Morgan fingerprint density at radius 3 is 2.59 bits per heavy atom. The van der Waals surface area contributed by atoms with Crippen LogP contribution < -0.4 is 0 Å². The SMILES string of the molecule is O=C/C=C/c1ccccc1C(=O)N1CCCC1. The lowest BCUT2D eigenvalue weighted by Gasteiger charge is -2.16. The number of allylic oxidation sites excluding steroid dienone is 1. The molecule has 0 bridgehead atoms. The number of rotatable bonds is 3. The van der Waals surface area contributed by atoms with E-state index in [1.54, 1.807) is 6.08 Å². The molecule has 1 fully saturated rings. The number of likely N-dealkylation sites (tertiary alicyclic amines) is 1. The van der Waals surface area contributed by atoms with E-state index in [-0.39, 0.29) is 5.91 Å². The highest BCUT2D eigenvalue weighted by molar-refractivity contribution is 5.98. The van der Waals surface area contributed by atoms with Crippen LogP contribution in [0, 0.1) is 0 Å². The summed E-state index contributed by atoms with van der Waals surface area (Å²) in [6.45, 7) is 1.68. The zero-order valence-electron chi connectivity index (χ0n) is 9.63. The molecule has 0 aromatic heterocycles. The molecule has 3 nitrogen and oxygen atoms in total. The molecule has 2 rings (SSSR count). The van der Waals surface area contributed by atoms with Gasteiger partial charge in [0.2, 0.25) is 0 Å². The van der Waals surface area contributed by atoms with Gasteiger partial charge < -0.3 is 4.90 Å². The van der Waals surface area contributed by atoms with Crippen molar-refractivity contribution in [3.05, 3.63) is 41.5 Å². The first-order valence-corrected chi connectivity index (χ1v) is 5.83. The lowest BCUT2D eigenvalue weighted by molar-refractivity contribution is -0.104. The molecule has 1 heterocycles. The lowest BCUT2D eigenvalue weighted by Crippen LogP contribution is -2.28. The number of hydrogen-bond acceptors (Lipinski definition) is 2. The Morgan fingerprint density at radius 1 is 1.18 bits per heavy atom. The second-order valence-corrected chi connectivity index (χ2v) is 4.08. The van der Waals surface area contributed by atoms with E-state index in [1.807, 2.05) is 29.2 Å². The van der Waals surface area contributed by atoms with Crippen LogP contribution in [0.25, 0.3) is 6.08 Å². The topological polar surface area (TPSA) is 37.4 Å². The molecular weight excluding hydrogens is 214 g/mol. The Balaban J connectivity index is 2.27. The van der Waals surface area contributed by atoms with Crippen molar-refractivity contribution in [3.8, 4) is 0 Å². The summed E-state index contributed by atoms with van der Waals surface area (Å²) in [6.07, 6.45) is 5.97. The molecule has 1 aromatic carbocycles. The van der Waals surface area contributed by atoms with Gasteiger partial charge >= 0.3 is 0 Å². The van der Waals surface area contributed by atoms with E-state index in [0.717, 1.165) is 37.8 Å². The van der Waals surface area contributed by atoms with Gasteiger partial charge in [0.25, 0.3) is 5.91 Å². The van der Waals surface area contributed by atoms with Crippen molar-refractivity contribution in [2.75, 3.05) is 13.1 Å². The summed E-state index contributed by atoms with van der Waals surface area (Å²) in [4.78, 5) is 24.4. The van der Waals surface area contributed by atoms with Gasteiger partial charge in [-0.05, 0) is 30.5 Å². The molecule has 1 aromatic rings. The van der Waals surface area contributed by atoms with Gasteiger partial charge in [0.1, 0.15) is 6.29 Å². The van der Waals surface area contributed by atoms with Crippen molar-refractivity contribution in [1.29, 1.82) is 0 Å². The van der Waals surface area contributed by atoms with Crippen LogP contribution in [-0.2, 0) is 4.79 Å². The second kappa shape index (κ2) is 5.43. The standard InChI is InChI=1S/C14H15NO2/c16-11-5-7-12-6-1-2-8-13(12)14(17)15-9-3-4-10-15/h1-2,5-8,11H,3-4,9-10H2/b7-5+. The summed E-state index contributed by atoms with van der Waals surface area (Å²) < 4.78 is 0. The summed E-state index contributed by atoms with van der Waals surface area (Å²) in [5, 5.41) is 0. The van der Waals surface area contributed by atoms with Gasteiger partial charge in [-0.2, -0.15) is 0 Å². The van der Waals surface area contributed by atoms with Crippen LogP contribution in [0.3, 0.4) is 0 Å². The molecule has 1 amide bonds. The van der Waals surface area contributed by atoms with Crippen LogP contribution in [0.4, 0.5) is 0 Å². The van der Waals surface area contributed by atoms with Crippen molar-refractivity contribution < 1.29 is 9.59 Å². The highest BCUT2D eigenvalue weighted by Crippen LogP contribution is 2.17. The van der Waals surface area contributed by atoms with Crippen molar-refractivity contribution in [2.24, 2.45) is 0 Å². The third-order valence-electron chi connectivity index (χ3n) is 2.94. The molecule has 0 spiro atoms. The summed E-state index contributed by atoms with van der Waals surface area (Å²) >= 11 is 0. The van der Waals surface area contributed by atoms with Crippen molar-refractivity contribution in [3.63, 3.8) is 0 Å². The Bertz CT molecular complexity index is 445. The Morgan fingerprint density at radius 2 is 1.88 bits per heavy atom. The van der Waals surface area contributed by atoms with Crippen LogP contribution in [0.5, 0.6) is 0 Å². The number of carbonyl (C=O) groups excluding carboxylic acids is 2. The van der Waals surface area contributed by atoms with Crippen LogP contribution in [0.2, 0.25) is 0 Å². The molecule has 1 saturated heterocycles. The number of carbonyl (C=O) groups is 2. The molecule has 1 aliphatic heterocycles. The van der Waals surface area contributed by atoms with Gasteiger partial charge in [-0.1, -0.05) is 24.3 Å². The number of amides is 1. The first-order valence-electron chi connectivity index (χ1n) is 5.83. The highest BCUT2D eigenvalue weighted by Gasteiger charge is 2.20. The summed E-state index contributed by atoms with van der Waals surface area (Å²) in [5.41, 5.74) is 1.48. The Kier molecular flexibility index (Phi) is 3.70. The number of hydrogen-bond donors (Lipinski definition) is 0. The number of nitrogens with zero attached hydrogens (tertiary/aromatic N) is 1.